The number of likely N-dealkylation sites (tertiary alicyclic amines) is 1. The molecule has 17 heavy (non-hydrogen) atoms. The highest BCUT2D eigenvalue weighted by Gasteiger charge is 2.40. The van der Waals surface area contributed by atoms with Gasteiger partial charge in [0.1, 0.15) is 0 Å². The standard InChI is InChI=1S/C13H23NO3/c1-10-8-11(4-7-17-10)14-6-3-5-13(2,9-14)12(15)16/h10-11H,3-9H2,1-2H3,(H,15,16). The van der Waals surface area contributed by atoms with Gasteiger partial charge in [-0.3, -0.25) is 9.69 Å². The van der Waals surface area contributed by atoms with Gasteiger partial charge in [-0.1, -0.05) is 0 Å². The first-order chi connectivity index (χ1) is 8.01. The number of hydrogen-bond donors (Lipinski definition) is 1. The van der Waals surface area contributed by atoms with Gasteiger partial charge in [-0.15, -0.1) is 0 Å². The van der Waals surface area contributed by atoms with Crippen LogP contribution in [0, 0.1) is 5.41 Å². The predicted octanol–water partition coefficient (Wildman–Crippen LogP) is 1.74. The Kier molecular flexibility index (Phi) is 3.73. The Balaban J connectivity index is 1.99. The average molecular weight is 241 g/mol. The van der Waals surface area contributed by atoms with Crippen LogP contribution in [-0.2, 0) is 9.53 Å². The Hall–Kier alpha value is -0.610. The van der Waals surface area contributed by atoms with Crippen molar-refractivity contribution in [2.45, 2.75) is 51.7 Å². The van der Waals surface area contributed by atoms with Gasteiger partial charge >= 0.3 is 5.97 Å². The van der Waals surface area contributed by atoms with E-state index in [1.807, 2.05) is 6.92 Å². The minimum Gasteiger partial charge on any atom is -0.481 e. The molecule has 2 fully saturated rings. The first-order valence-corrected chi connectivity index (χ1v) is 6.60. The lowest BCUT2D eigenvalue weighted by molar-refractivity contribution is -0.152. The van der Waals surface area contributed by atoms with E-state index in [4.69, 9.17) is 4.74 Å². The molecule has 2 heterocycles. The summed E-state index contributed by atoms with van der Waals surface area (Å²) in [4.78, 5) is 13.7. The van der Waals surface area contributed by atoms with Gasteiger partial charge in [0.15, 0.2) is 0 Å². The maximum Gasteiger partial charge on any atom is 0.310 e. The van der Waals surface area contributed by atoms with Crippen LogP contribution in [-0.4, -0.2) is 47.8 Å². The van der Waals surface area contributed by atoms with Crippen LogP contribution in [0.1, 0.15) is 39.5 Å². The maximum atomic E-state index is 11.3. The lowest BCUT2D eigenvalue weighted by atomic mass is 9.81. The molecule has 2 aliphatic heterocycles. The van der Waals surface area contributed by atoms with Gasteiger partial charge in [-0.25, -0.2) is 0 Å². The Labute approximate surface area is 103 Å². The number of carboxylic acid groups (broad SMARTS) is 1. The van der Waals surface area contributed by atoms with Crippen LogP contribution in [0.5, 0.6) is 0 Å². The Morgan fingerprint density at radius 1 is 1.53 bits per heavy atom. The molecule has 2 aliphatic rings. The molecule has 98 valence electrons. The normalized spacial score (nSPS) is 40.1. The van der Waals surface area contributed by atoms with Crippen molar-refractivity contribution in [1.29, 1.82) is 0 Å². The van der Waals surface area contributed by atoms with Crippen molar-refractivity contribution in [3.63, 3.8) is 0 Å². The summed E-state index contributed by atoms with van der Waals surface area (Å²) in [5.74, 6) is -0.651. The van der Waals surface area contributed by atoms with Crippen LogP contribution in [0.3, 0.4) is 0 Å². The lowest BCUT2D eigenvalue weighted by Crippen LogP contribution is -2.52. The first-order valence-electron chi connectivity index (χ1n) is 6.60. The van der Waals surface area contributed by atoms with Crippen molar-refractivity contribution in [3.8, 4) is 0 Å². The summed E-state index contributed by atoms with van der Waals surface area (Å²) in [6.07, 6.45) is 4.19. The zero-order valence-electron chi connectivity index (χ0n) is 10.8. The van der Waals surface area contributed by atoms with E-state index >= 15 is 0 Å². The van der Waals surface area contributed by atoms with Gasteiger partial charge < -0.3 is 9.84 Å². The van der Waals surface area contributed by atoms with Gasteiger partial charge in [0.05, 0.1) is 11.5 Å². The fourth-order valence-corrected chi connectivity index (χ4v) is 3.07. The van der Waals surface area contributed by atoms with E-state index in [2.05, 4.69) is 11.8 Å². The molecule has 0 saturated carbocycles. The number of aliphatic carboxylic acids is 1. The number of hydrogen-bond acceptors (Lipinski definition) is 3. The molecule has 3 atom stereocenters. The smallest absolute Gasteiger partial charge is 0.310 e. The second-order valence-corrected chi connectivity index (χ2v) is 5.80. The SMILES string of the molecule is CC1CC(N2CCCC(C)(C(=O)O)C2)CCO1. The van der Waals surface area contributed by atoms with Crippen molar-refractivity contribution in [1.82, 2.24) is 4.90 Å². The molecule has 0 spiro atoms. The van der Waals surface area contributed by atoms with E-state index in [-0.39, 0.29) is 0 Å². The van der Waals surface area contributed by atoms with Crippen molar-refractivity contribution in [3.05, 3.63) is 0 Å². The van der Waals surface area contributed by atoms with Crippen molar-refractivity contribution in [2.75, 3.05) is 19.7 Å². The topological polar surface area (TPSA) is 49.8 Å². The molecular weight excluding hydrogens is 218 g/mol. The molecule has 0 radical (unpaired) electrons. The fraction of sp³-hybridized carbons (Fsp3) is 0.923. The summed E-state index contributed by atoms with van der Waals surface area (Å²) >= 11 is 0. The zero-order valence-corrected chi connectivity index (χ0v) is 10.8. The van der Waals surface area contributed by atoms with Gasteiger partial charge in [0.25, 0.3) is 0 Å². The molecule has 1 N–H and O–H groups in total. The van der Waals surface area contributed by atoms with Gasteiger partial charge in [0.2, 0.25) is 0 Å². The summed E-state index contributed by atoms with van der Waals surface area (Å²) in [5.41, 5.74) is -0.556. The molecule has 2 rings (SSSR count). The van der Waals surface area contributed by atoms with Crippen LogP contribution in [0.4, 0.5) is 0 Å². The van der Waals surface area contributed by atoms with E-state index in [1.54, 1.807) is 0 Å². The fourth-order valence-electron chi connectivity index (χ4n) is 3.07. The van der Waals surface area contributed by atoms with Gasteiger partial charge in [0, 0.05) is 19.2 Å². The minimum absolute atomic E-state index is 0.312. The quantitative estimate of drug-likeness (QED) is 0.800. The third-order valence-corrected chi connectivity index (χ3v) is 4.22. The van der Waals surface area contributed by atoms with Crippen LogP contribution in [0.15, 0.2) is 0 Å². The highest BCUT2D eigenvalue weighted by atomic mass is 16.5. The highest BCUT2D eigenvalue weighted by molar-refractivity contribution is 5.74. The van der Waals surface area contributed by atoms with Crippen molar-refractivity contribution < 1.29 is 14.6 Å². The third-order valence-electron chi connectivity index (χ3n) is 4.22. The molecular formula is C13H23NO3. The number of piperidine rings is 1. The van der Waals surface area contributed by atoms with Crippen molar-refractivity contribution >= 4 is 5.97 Å². The molecule has 4 heteroatoms. The largest absolute Gasteiger partial charge is 0.481 e. The first kappa shape index (κ1) is 12.8. The molecule has 3 unspecified atom stereocenters. The van der Waals surface area contributed by atoms with Crippen LogP contribution >= 0.6 is 0 Å². The number of nitrogens with zero attached hydrogens (tertiary/aromatic N) is 1. The van der Waals surface area contributed by atoms with E-state index in [0.717, 1.165) is 38.8 Å². The molecule has 2 saturated heterocycles. The summed E-state index contributed by atoms with van der Waals surface area (Å²) in [7, 11) is 0. The van der Waals surface area contributed by atoms with E-state index in [9.17, 15) is 9.90 Å². The number of rotatable bonds is 2. The maximum absolute atomic E-state index is 11.3. The molecule has 0 bridgehead atoms. The summed E-state index contributed by atoms with van der Waals surface area (Å²) < 4.78 is 5.56. The number of carbonyl (C=O) groups is 1. The minimum atomic E-state index is -0.651. The molecule has 4 nitrogen and oxygen atoms in total. The van der Waals surface area contributed by atoms with Crippen LogP contribution in [0.25, 0.3) is 0 Å². The van der Waals surface area contributed by atoms with Crippen LogP contribution < -0.4 is 0 Å². The molecule has 0 aliphatic carbocycles. The average Bonchev–Trinajstić information content (AvgIpc) is 2.29. The Morgan fingerprint density at radius 3 is 2.94 bits per heavy atom. The molecule has 0 amide bonds. The number of ether oxygens (including phenoxy) is 1. The van der Waals surface area contributed by atoms with Gasteiger partial charge in [-0.2, -0.15) is 0 Å². The Morgan fingerprint density at radius 2 is 2.29 bits per heavy atom. The molecule has 0 aromatic rings. The highest BCUT2D eigenvalue weighted by Crippen LogP contribution is 2.33. The zero-order chi connectivity index (χ0) is 12.5. The monoisotopic (exact) mass is 241 g/mol. The summed E-state index contributed by atoms with van der Waals surface area (Å²) in [6, 6.07) is 0.512. The third kappa shape index (κ3) is 2.80. The van der Waals surface area contributed by atoms with E-state index in [0.29, 0.717) is 18.7 Å². The van der Waals surface area contributed by atoms with E-state index < -0.39 is 11.4 Å². The second-order valence-electron chi connectivity index (χ2n) is 5.80. The summed E-state index contributed by atoms with van der Waals surface area (Å²) in [6.45, 7) is 6.53. The predicted molar refractivity (Wildman–Crippen MR) is 65.0 cm³/mol. The summed E-state index contributed by atoms with van der Waals surface area (Å²) in [5, 5.41) is 9.31. The van der Waals surface area contributed by atoms with Crippen molar-refractivity contribution in [2.24, 2.45) is 5.41 Å². The number of carboxylic acids is 1. The van der Waals surface area contributed by atoms with E-state index in [1.165, 1.54) is 0 Å². The van der Waals surface area contributed by atoms with Crippen LogP contribution in [0.2, 0.25) is 0 Å². The Bertz CT molecular complexity index is 294. The van der Waals surface area contributed by atoms with Gasteiger partial charge in [-0.05, 0) is 46.1 Å². The second kappa shape index (κ2) is 4.94. The lowest BCUT2D eigenvalue weighted by Gasteiger charge is -2.44. The molecule has 0 aromatic carbocycles. The molecule has 0 aromatic heterocycles.